The minimum absolute atomic E-state index is 0.198. The minimum atomic E-state index is -3.63. The Morgan fingerprint density at radius 3 is 2.65 bits per heavy atom. The number of thiophene rings is 1. The first-order valence-electron chi connectivity index (χ1n) is 6.17. The number of carbonyl (C=O) groups excluding carboxylic acids is 1. The average molecular weight is 320 g/mol. The molecule has 0 spiro atoms. The van der Waals surface area contributed by atoms with Gasteiger partial charge in [-0.05, 0) is 24.8 Å². The van der Waals surface area contributed by atoms with Crippen molar-refractivity contribution in [3.63, 3.8) is 0 Å². The Bertz CT molecular complexity index is 536. The second kappa shape index (κ2) is 6.66. The summed E-state index contributed by atoms with van der Waals surface area (Å²) in [6.07, 6.45) is 0.552. The number of amides is 1. The Morgan fingerprint density at radius 2 is 2.20 bits per heavy atom. The molecule has 1 atom stereocenters. The summed E-state index contributed by atoms with van der Waals surface area (Å²) in [4.78, 5) is 11.9. The van der Waals surface area contributed by atoms with Crippen LogP contribution in [0.2, 0.25) is 0 Å². The van der Waals surface area contributed by atoms with Crippen LogP contribution in [0.15, 0.2) is 21.7 Å². The molecule has 0 aliphatic heterocycles. The van der Waals surface area contributed by atoms with Gasteiger partial charge in [0.2, 0.25) is 5.91 Å². The summed E-state index contributed by atoms with van der Waals surface area (Å²) < 4.78 is 25.5. The molecular weight excluding hydrogens is 300 g/mol. The van der Waals surface area contributed by atoms with E-state index in [9.17, 15) is 18.3 Å². The highest BCUT2D eigenvalue weighted by molar-refractivity contribution is 7.91. The van der Waals surface area contributed by atoms with Crippen molar-refractivity contribution in [1.29, 1.82) is 0 Å². The monoisotopic (exact) mass is 320 g/mol. The van der Waals surface area contributed by atoms with E-state index >= 15 is 0 Å². The van der Waals surface area contributed by atoms with Crippen molar-refractivity contribution in [3.05, 3.63) is 17.5 Å². The summed E-state index contributed by atoms with van der Waals surface area (Å²) in [7, 11) is -2.27. The third-order valence-electron chi connectivity index (χ3n) is 3.10. The van der Waals surface area contributed by atoms with E-state index in [0.717, 1.165) is 15.6 Å². The number of aliphatic hydroxyl groups is 1. The summed E-state index contributed by atoms with van der Waals surface area (Å²) in [6, 6.07) is 3.14. The molecule has 0 bridgehead atoms. The zero-order valence-corrected chi connectivity index (χ0v) is 13.4. The van der Waals surface area contributed by atoms with Crippen LogP contribution in [0.25, 0.3) is 0 Å². The molecule has 1 heterocycles. The smallest absolute Gasteiger partial charge is 0.252 e. The van der Waals surface area contributed by atoms with Crippen molar-refractivity contribution < 1.29 is 18.3 Å². The van der Waals surface area contributed by atoms with Crippen molar-refractivity contribution in [2.24, 2.45) is 0 Å². The topological polar surface area (TPSA) is 86.7 Å². The van der Waals surface area contributed by atoms with E-state index in [4.69, 9.17) is 0 Å². The van der Waals surface area contributed by atoms with E-state index in [1.165, 1.54) is 13.1 Å². The highest BCUT2D eigenvalue weighted by Crippen LogP contribution is 2.19. The summed E-state index contributed by atoms with van der Waals surface area (Å²) in [5.74, 6) is -0.439. The molecule has 8 heteroatoms. The molecule has 2 N–H and O–H groups in total. The van der Waals surface area contributed by atoms with Crippen molar-refractivity contribution in [3.8, 4) is 0 Å². The molecule has 1 amide bonds. The summed E-state index contributed by atoms with van der Waals surface area (Å²) in [5, 5.41) is 13.6. The normalized spacial score (nSPS) is 15.1. The molecule has 0 aliphatic rings. The van der Waals surface area contributed by atoms with Crippen LogP contribution in [0.4, 0.5) is 0 Å². The Labute approximate surface area is 123 Å². The minimum Gasteiger partial charge on any atom is -0.394 e. The Hall–Kier alpha value is -0.960. The second-order valence-corrected chi connectivity index (χ2v) is 8.03. The first-order valence-corrected chi connectivity index (χ1v) is 8.49. The van der Waals surface area contributed by atoms with Gasteiger partial charge in [0.15, 0.2) is 0 Å². The lowest BCUT2D eigenvalue weighted by Crippen LogP contribution is -2.51. The van der Waals surface area contributed by atoms with E-state index in [0.29, 0.717) is 6.42 Å². The van der Waals surface area contributed by atoms with Crippen LogP contribution in [-0.4, -0.2) is 49.5 Å². The summed E-state index contributed by atoms with van der Waals surface area (Å²) >= 11 is 1.11. The van der Waals surface area contributed by atoms with Gasteiger partial charge < -0.3 is 10.4 Å². The number of nitrogens with one attached hydrogen (secondary N) is 1. The first kappa shape index (κ1) is 17.1. The number of rotatable bonds is 7. The molecule has 114 valence electrons. The summed E-state index contributed by atoms with van der Waals surface area (Å²) in [6.45, 7) is 3.06. The molecule has 0 aromatic carbocycles. The number of aliphatic hydroxyl groups excluding tert-OH is 1. The van der Waals surface area contributed by atoms with Crippen molar-refractivity contribution in [2.45, 2.75) is 30.0 Å². The van der Waals surface area contributed by atoms with E-state index in [-0.39, 0.29) is 17.4 Å². The van der Waals surface area contributed by atoms with Crippen LogP contribution >= 0.6 is 11.3 Å². The van der Waals surface area contributed by atoms with Crippen LogP contribution in [0.1, 0.15) is 20.3 Å². The van der Waals surface area contributed by atoms with Gasteiger partial charge in [0.25, 0.3) is 10.0 Å². The molecule has 0 saturated heterocycles. The molecule has 6 nitrogen and oxygen atoms in total. The van der Waals surface area contributed by atoms with Gasteiger partial charge in [0, 0.05) is 7.05 Å². The molecule has 0 saturated carbocycles. The predicted octanol–water partition coefficient (Wildman–Crippen LogP) is 0.646. The highest BCUT2D eigenvalue weighted by atomic mass is 32.2. The van der Waals surface area contributed by atoms with Gasteiger partial charge >= 0.3 is 0 Å². The molecule has 0 aliphatic carbocycles. The van der Waals surface area contributed by atoms with E-state index in [1.54, 1.807) is 18.4 Å². The molecule has 1 rings (SSSR count). The van der Waals surface area contributed by atoms with Crippen LogP contribution in [0.5, 0.6) is 0 Å². The van der Waals surface area contributed by atoms with Gasteiger partial charge in [0.1, 0.15) is 4.21 Å². The van der Waals surface area contributed by atoms with Gasteiger partial charge in [-0.15, -0.1) is 11.3 Å². The van der Waals surface area contributed by atoms with Crippen LogP contribution in [0, 0.1) is 0 Å². The maximum absolute atomic E-state index is 12.1. The van der Waals surface area contributed by atoms with Gasteiger partial charge in [-0.2, -0.15) is 4.31 Å². The summed E-state index contributed by atoms with van der Waals surface area (Å²) in [5.41, 5.74) is -0.732. The van der Waals surface area contributed by atoms with Crippen molar-refractivity contribution in [2.75, 3.05) is 20.2 Å². The lowest BCUT2D eigenvalue weighted by molar-refractivity contribution is -0.123. The Morgan fingerprint density at radius 1 is 1.55 bits per heavy atom. The Kier molecular flexibility index (Phi) is 5.69. The number of sulfonamides is 1. The molecule has 1 aromatic rings. The van der Waals surface area contributed by atoms with Crippen LogP contribution < -0.4 is 5.32 Å². The maximum Gasteiger partial charge on any atom is 0.252 e. The van der Waals surface area contributed by atoms with Gasteiger partial charge in [-0.1, -0.05) is 13.0 Å². The number of likely N-dealkylation sites (N-methyl/N-ethyl adjacent to an activating group) is 1. The van der Waals surface area contributed by atoms with Gasteiger partial charge in [-0.25, -0.2) is 8.42 Å². The largest absolute Gasteiger partial charge is 0.394 e. The molecule has 1 aromatic heterocycles. The van der Waals surface area contributed by atoms with Gasteiger partial charge in [0.05, 0.1) is 18.7 Å². The SMILES string of the molecule is CCC(C)(CO)NC(=O)CN(C)S(=O)(=O)c1cccs1. The van der Waals surface area contributed by atoms with E-state index < -0.39 is 21.5 Å². The molecular formula is C12H20N2O4S2. The zero-order valence-electron chi connectivity index (χ0n) is 11.8. The fourth-order valence-corrected chi connectivity index (χ4v) is 3.80. The van der Waals surface area contributed by atoms with E-state index in [1.807, 2.05) is 6.92 Å². The number of hydrogen-bond donors (Lipinski definition) is 2. The number of hydrogen-bond acceptors (Lipinski definition) is 5. The third-order valence-corrected chi connectivity index (χ3v) is 6.27. The Balaban J connectivity index is 2.72. The molecule has 1 unspecified atom stereocenters. The van der Waals surface area contributed by atoms with Gasteiger partial charge in [-0.3, -0.25) is 4.79 Å². The molecule has 0 fully saturated rings. The average Bonchev–Trinajstić information content (AvgIpc) is 2.92. The molecule has 0 radical (unpaired) electrons. The van der Waals surface area contributed by atoms with Crippen LogP contribution in [-0.2, 0) is 14.8 Å². The lowest BCUT2D eigenvalue weighted by atomic mass is 10.0. The predicted molar refractivity (Wildman–Crippen MR) is 78.1 cm³/mol. The fourth-order valence-electron chi connectivity index (χ4n) is 1.47. The fraction of sp³-hybridized carbons (Fsp3) is 0.583. The second-order valence-electron chi connectivity index (χ2n) is 4.81. The maximum atomic E-state index is 12.1. The quantitative estimate of drug-likeness (QED) is 0.772. The zero-order chi connectivity index (χ0) is 15.4. The number of nitrogens with zero attached hydrogens (tertiary/aromatic N) is 1. The molecule has 20 heavy (non-hydrogen) atoms. The third kappa shape index (κ3) is 4.02. The van der Waals surface area contributed by atoms with E-state index in [2.05, 4.69) is 5.32 Å². The lowest BCUT2D eigenvalue weighted by Gasteiger charge is -2.28. The first-order chi connectivity index (χ1) is 9.25. The van der Waals surface area contributed by atoms with Crippen molar-refractivity contribution in [1.82, 2.24) is 9.62 Å². The standard InChI is InChI=1S/C12H20N2O4S2/c1-4-12(2,9-15)13-10(16)8-14(3)20(17,18)11-6-5-7-19-11/h5-7,15H,4,8-9H2,1-3H3,(H,13,16). The van der Waals surface area contributed by atoms with Crippen molar-refractivity contribution >= 4 is 27.3 Å². The number of carbonyl (C=O) groups is 1. The highest BCUT2D eigenvalue weighted by Gasteiger charge is 2.27. The van der Waals surface area contributed by atoms with Crippen LogP contribution in [0.3, 0.4) is 0 Å².